The Labute approximate surface area is 156 Å². The third kappa shape index (κ3) is 4.53. The van der Waals surface area contributed by atoms with Crippen molar-refractivity contribution in [2.45, 2.75) is 39.5 Å². The summed E-state index contributed by atoms with van der Waals surface area (Å²) in [5, 5.41) is 0. The molecule has 2 heterocycles. The van der Waals surface area contributed by atoms with E-state index < -0.39 is 0 Å². The van der Waals surface area contributed by atoms with Gasteiger partial charge in [-0.2, -0.15) is 0 Å². The molecule has 0 bridgehead atoms. The maximum absolute atomic E-state index is 12.8. The minimum absolute atomic E-state index is 0.117. The number of hydrogen-bond donors (Lipinski definition) is 0. The Morgan fingerprint density at radius 3 is 2.12 bits per heavy atom. The first kappa shape index (κ1) is 19.1. The summed E-state index contributed by atoms with van der Waals surface area (Å²) in [6, 6.07) is 0. The molecule has 3 aliphatic rings. The van der Waals surface area contributed by atoms with Crippen molar-refractivity contribution in [2.24, 2.45) is 17.8 Å². The van der Waals surface area contributed by atoms with E-state index in [0.29, 0.717) is 24.3 Å². The smallest absolute Gasteiger partial charge is 0.253 e. The third-order valence-electron chi connectivity index (χ3n) is 5.84. The molecule has 2 aliphatic heterocycles. The highest BCUT2D eigenvalue weighted by Gasteiger charge is 2.33. The summed E-state index contributed by atoms with van der Waals surface area (Å²) < 4.78 is 0. The molecule has 3 rings (SSSR count). The predicted octanol–water partition coefficient (Wildman–Crippen LogP) is 1.52. The number of piperazine rings is 1. The number of carbonyl (C=O) groups excluding carboxylic acids is 3. The lowest BCUT2D eigenvalue weighted by atomic mass is 9.81. The minimum Gasteiger partial charge on any atom is -0.340 e. The maximum atomic E-state index is 12.8. The molecule has 1 saturated heterocycles. The monoisotopic (exact) mass is 361 g/mol. The van der Waals surface area contributed by atoms with Crippen molar-refractivity contribution in [3.05, 3.63) is 12.2 Å². The molecule has 0 radical (unpaired) electrons. The number of nitrogens with zero attached hydrogens (tertiary/aromatic N) is 3. The highest BCUT2D eigenvalue weighted by Crippen LogP contribution is 2.31. The van der Waals surface area contributed by atoms with E-state index in [4.69, 9.17) is 0 Å². The lowest BCUT2D eigenvalue weighted by Crippen LogP contribution is -2.51. The molecule has 144 valence electrons. The molecule has 0 aromatic rings. The molecule has 3 amide bonds. The van der Waals surface area contributed by atoms with Crippen LogP contribution in [0.2, 0.25) is 0 Å². The van der Waals surface area contributed by atoms with Crippen LogP contribution in [-0.4, -0.2) is 71.7 Å². The van der Waals surface area contributed by atoms with Gasteiger partial charge in [0.05, 0.1) is 0 Å². The molecule has 26 heavy (non-hydrogen) atoms. The molecule has 0 N–H and O–H groups in total. The van der Waals surface area contributed by atoms with Gasteiger partial charge in [-0.25, -0.2) is 0 Å². The molecule has 6 heteroatoms. The second-order valence-corrected chi connectivity index (χ2v) is 8.36. The van der Waals surface area contributed by atoms with Gasteiger partial charge in [0.1, 0.15) is 0 Å². The maximum Gasteiger partial charge on any atom is 0.253 e. The molecule has 2 fully saturated rings. The van der Waals surface area contributed by atoms with Gasteiger partial charge in [-0.3, -0.25) is 24.2 Å². The summed E-state index contributed by atoms with van der Waals surface area (Å²) in [6.07, 6.45) is 6.27. The molecule has 1 aliphatic carbocycles. The number of rotatable bonds is 5. The van der Waals surface area contributed by atoms with Crippen LogP contribution in [0.5, 0.6) is 0 Å². The number of hydrogen-bond acceptors (Lipinski definition) is 4. The van der Waals surface area contributed by atoms with E-state index in [0.717, 1.165) is 58.4 Å². The zero-order chi connectivity index (χ0) is 18.7. The van der Waals surface area contributed by atoms with E-state index in [2.05, 4.69) is 18.7 Å². The zero-order valence-corrected chi connectivity index (χ0v) is 16.0. The van der Waals surface area contributed by atoms with Crippen molar-refractivity contribution in [2.75, 3.05) is 39.3 Å². The second kappa shape index (κ2) is 8.33. The highest BCUT2D eigenvalue weighted by molar-refractivity contribution is 6.12. The summed E-state index contributed by atoms with van der Waals surface area (Å²) in [5.41, 5.74) is 0. The van der Waals surface area contributed by atoms with E-state index in [1.165, 1.54) is 17.1 Å². The van der Waals surface area contributed by atoms with Crippen molar-refractivity contribution in [1.82, 2.24) is 14.7 Å². The molecule has 0 aromatic heterocycles. The summed E-state index contributed by atoms with van der Waals surface area (Å²) in [7, 11) is 0. The van der Waals surface area contributed by atoms with Crippen LogP contribution < -0.4 is 0 Å². The summed E-state index contributed by atoms with van der Waals surface area (Å²) >= 11 is 0. The highest BCUT2D eigenvalue weighted by atomic mass is 16.2. The minimum atomic E-state index is -0.201. The van der Waals surface area contributed by atoms with Gasteiger partial charge in [-0.05, 0) is 37.5 Å². The van der Waals surface area contributed by atoms with E-state index in [1.54, 1.807) is 0 Å². The topological polar surface area (TPSA) is 60.9 Å². The fourth-order valence-electron chi connectivity index (χ4n) is 4.39. The Morgan fingerprint density at radius 2 is 1.58 bits per heavy atom. The first-order valence-corrected chi connectivity index (χ1v) is 9.98. The van der Waals surface area contributed by atoms with E-state index in [9.17, 15) is 14.4 Å². The summed E-state index contributed by atoms with van der Waals surface area (Å²) in [5.74, 6) is 1.01. The van der Waals surface area contributed by atoms with Crippen molar-refractivity contribution < 1.29 is 14.4 Å². The van der Waals surface area contributed by atoms with Crippen LogP contribution in [0.1, 0.15) is 39.5 Å². The first-order valence-electron chi connectivity index (χ1n) is 9.98. The van der Waals surface area contributed by atoms with Gasteiger partial charge < -0.3 is 4.90 Å². The first-order chi connectivity index (χ1) is 12.4. The van der Waals surface area contributed by atoms with Crippen LogP contribution >= 0.6 is 0 Å². The van der Waals surface area contributed by atoms with Crippen LogP contribution in [-0.2, 0) is 14.4 Å². The third-order valence-corrected chi connectivity index (χ3v) is 5.84. The Balaban J connectivity index is 1.41. The molecule has 0 atom stereocenters. The van der Waals surface area contributed by atoms with E-state index in [-0.39, 0.29) is 17.7 Å². The zero-order valence-electron chi connectivity index (χ0n) is 16.0. The molecule has 1 saturated carbocycles. The molecule has 0 spiro atoms. The predicted molar refractivity (Wildman–Crippen MR) is 99.2 cm³/mol. The van der Waals surface area contributed by atoms with E-state index >= 15 is 0 Å². The SMILES string of the molecule is CC(C)CN1CCN(C(=O)C2CCC(CN3C(=O)C=CC3=O)CC2)CC1. The average molecular weight is 361 g/mol. The van der Waals surface area contributed by atoms with Crippen LogP contribution in [0.25, 0.3) is 0 Å². The van der Waals surface area contributed by atoms with Crippen molar-refractivity contribution >= 4 is 17.7 Å². The Bertz CT molecular complexity index is 553. The summed E-state index contributed by atoms with van der Waals surface area (Å²) in [4.78, 5) is 42.0. The van der Waals surface area contributed by atoms with Crippen LogP contribution in [0.3, 0.4) is 0 Å². The van der Waals surface area contributed by atoms with Crippen LogP contribution in [0.4, 0.5) is 0 Å². The number of amides is 3. The van der Waals surface area contributed by atoms with Gasteiger partial charge in [0, 0.05) is 57.3 Å². The quantitative estimate of drug-likeness (QED) is 0.697. The number of carbonyl (C=O) groups is 3. The molecule has 6 nitrogen and oxygen atoms in total. The lowest BCUT2D eigenvalue weighted by Gasteiger charge is -2.38. The van der Waals surface area contributed by atoms with Gasteiger partial charge in [0.25, 0.3) is 11.8 Å². The normalized spacial score (nSPS) is 27.7. The van der Waals surface area contributed by atoms with E-state index in [1.807, 2.05) is 4.90 Å². The fourth-order valence-corrected chi connectivity index (χ4v) is 4.39. The Kier molecular flexibility index (Phi) is 6.12. The average Bonchev–Trinajstić information content (AvgIpc) is 2.94. The van der Waals surface area contributed by atoms with Crippen molar-refractivity contribution in [3.8, 4) is 0 Å². The molecule has 0 unspecified atom stereocenters. The van der Waals surface area contributed by atoms with Gasteiger partial charge in [-0.1, -0.05) is 13.8 Å². The Morgan fingerprint density at radius 1 is 1.00 bits per heavy atom. The van der Waals surface area contributed by atoms with Gasteiger partial charge in [0.2, 0.25) is 5.91 Å². The Hall–Kier alpha value is -1.69. The van der Waals surface area contributed by atoms with Crippen molar-refractivity contribution in [3.63, 3.8) is 0 Å². The summed E-state index contributed by atoms with van der Waals surface area (Å²) in [6.45, 7) is 9.71. The molecular formula is C20H31N3O3. The van der Waals surface area contributed by atoms with Crippen LogP contribution in [0.15, 0.2) is 12.2 Å². The van der Waals surface area contributed by atoms with Gasteiger partial charge >= 0.3 is 0 Å². The van der Waals surface area contributed by atoms with Gasteiger partial charge in [0.15, 0.2) is 0 Å². The number of imide groups is 1. The standard InChI is InChI=1S/C20H31N3O3/c1-15(2)13-21-9-11-22(12-10-21)20(26)17-5-3-16(4-6-17)14-23-18(24)7-8-19(23)25/h7-8,15-17H,3-6,9-14H2,1-2H3. The molecular weight excluding hydrogens is 330 g/mol. The lowest BCUT2D eigenvalue weighted by molar-refractivity contribution is -0.141. The molecule has 0 aromatic carbocycles. The largest absolute Gasteiger partial charge is 0.340 e. The van der Waals surface area contributed by atoms with Crippen LogP contribution in [0, 0.1) is 17.8 Å². The van der Waals surface area contributed by atoms with Gasteiger partial charge in [-0.15, -0.1) is 0 Å². The van der Waals surface area contributed by atoms with Crippen molar-refractivity contribution in [1.29, 1.82) is 0 Å². The second-order valence-electron chi connectivity index (χ2n) is 8.36. The fraction of sp³-hybridized carbons (Fsp3) is 0.750.